The first kappa shape index (κ1) is 14.2. The van der Waals surface area contributed by atoms with Crippen LogP contribution in [0.15, 0.2) is 24.3 Å². The maximum atomic E-state index is 12.6. The van der Waals surface area contributed by atoms with Gasteiger partial charge >= 0.3 is 6.18 Å². The van der Waals surface area contributed by atoms with E-state index in [1.54, 1.807) is 19.9 Å². The second-order valence-corrected chi connectivity index (χ2v) is 4.36. The van der Waals surface area contributed by atoms with E-state index in [4.69, 9.17) is 0 Å². The lowest BCUT2D eigenvalue weighted by atomic mass is 10.1. The molecule has 1 aromatic carbocycles. The summed E-state index contributed by atoms with van der Waals surface area (Å²) in [4.78, 5) is 4.15. The minimum absolute atomic E-state index is 0.202. The lowest BCUT2D eigenvalue weighted by molar-refractivity contribution is -0.137. The van der Waals surface area contributed by atoms with Gasteiger partial charge in [0.05, 0.1) is 17.0 Å². The minimum Gasteiger partial charge on any atom is -0.349 e. The van der Waals surface area contributed by atoms with Crippen LogP contribution < -0.4 is 5.32 Å². The van der Waals surface area contributed by atoms with Crippen LogP contribution in [0.2, 0.25) is 0 Å². The Hall–Kier alpha value is -2.18. The summed E-state index contributed by atoms with van der Waals surface area (Å²) in [6.07, 6.45) is -4.34. The van der Waals surface area contributed by atoms with Crippen LogP contribution in [0.1, 0.15) is 22.5 Å². The van der Waals surface area contributed by atoms with Gasteiger partial charge in [0.1, 0.15) is 0 Å². The van der Waals surface area contributed by atoms with Crippen molar-refractivity contribution >= 4 is 5.95 Å². The topological polar surface area (TPSA) is 50.7 Å². The molecule has 0 spiro atoms. The Labute approximate surface area is 114 Å². The summed E-state index contributed by atoms with van der Waals surface area (Å²) >= 11 is 0. The van der Waals surface area contributed by atoms with Crippen LogP contribution in [0.25, 0.3) is 0 Å². The summed E-state index contributed by atoms with van der Waals surface area (Å²) in [5.74, 6) is 0.297. The predicted molar refractivity (Wildman–Crippen MR) is 68.1 cm³/mol. The van der Waals surface area contributed by atoms with E-state index in [1.807, 2.05) is 0 Å². The molecule has 7 heteroatoms. The highest BCUT2D eigenvalue weighted by molar-refractivity contribution is 5.31. The first-order valence-electron chi connectivity index (χ1n) is 5.94. The second kappa shape index (κ2) is 5.44. The van der Waals surface area contributed by atoms with Crippen molar-refractivity contribution in [3.05, 3.63) is 46.8 Å². The number of hydrogen-bond donors (Lipinski definition) is 1. The molecule has 0 radical (unpaired) electrons. The van der Waals surface area contributed by atoms with Gasteiger partial charge in [0.15, 0.2) is 0 Å². The van der Waals surface area contributed by atoms with Crippen LogP contribution in [0.5, 0.6) is 0 Å². The number of aryl methyl sites for hydroxylation is 2. The average molecular weight is 282 g/mol. The molecule has 1 heterocycles. The lowest BCUT2D eigenvalue weighted by Crippen LogP contribution is -2.09. The Bertz CT molecular complexity index is 611. The fraction of sp³-hybridized carbons (Fsp3) is 0.308. The van der Waals surface area contributed by atoms with Crippen molar-refractivity contribution in [2.24, 2.45) is 0 Å². The summed E-state index contributed by atoms with van der Waals surface area (Å²) in [6, 6.07) is 5.12. The summed E-state index contributed by atoms with van der Waals surface area (Å²) in [5, 5.41) is 10.6. The van der Waals surface area contributed by atoms with Gasteiger partial charge < -0.3 is 5.32 Å². The Kier molecular flexibility index (Phi) is 3.87. The van der Waals surface area contributed by atoms with E-state index in [-0.39, 0.29) is 6.54 Å². The van der Waals surface area contributed by atoms with Crippen molar-refractivity contribution in [3.8, 4) is 0 Å². The van der Waals surface area contributed by atoms with Gasteiger partial charge in [-0.05, 0) is 31.5 Å². The fourth-order valence-corrected chi connectivity index (χ4v) is 1.57. The van der Waals surface area contributed by atoms with Crippen molar-refractivity contribution in [1.82, 2.24) is 15.2 Å². The molecule has 0 saturated heterocycles. The Morgan fingerprint density at radius 3 is 2.50 bits per heavy atom. The van der Waals surface area contributed by atoms with E-state index < -0.39 is 11.7 Å². The van der Waals surface area contributed by atoms with Crippen molar-refractivity contribution < 1.29 is 13.2 Å². The highest BCUT2D eigenvalue weighted by Crippen LogP contribution is 2.29. The van der Waals surface area contributed by atoms with Crippen LogP contribution in [-0.2, 0) is 12.7 Å². The summed E-state index contributed by atoms with van der Waals surface area (Å²) < 4.78 is 37.7. The standard InChI is InChI=1S/C13H13F3N4/c1-8-9(2)19-20-12(18-8)17-7-10-4-3-5-11(6-10)13(14,15)16/h3-6H,7H2,1-2H3,(H,17,18,20). The van der Waals surface area contributed by atoms with Gasteiger partial charge in [0.2, 0.25) is 5.95 Å². The number of nitrogens with one attached hydrogen (secondary N) is 1. The highest BCUT2D eigenvalue weighted by Gasteiger charge is 2.30. The smallest absolute Gasteiger partial charge is 0.349 e. The van der Waals surface area contributed by atoms with E-state index in [2.05, 4.69) is 20.5 Å². The van der Waals surface area contributed by atoms with Gasteiger partial charge in [0.25, 0.3) is 0 Å². The van der Waals surface area contributed by atoms with Gasteiger partial charge in [-0.15, -0.1) is 5.10 Å². The summed E-state index contributed by atoms with van der Waals surface area (Å²) in [7, 11) is 0. The summed E-state index contributed by atoms with van der Waals surface area (Å²) in [5.41, 5.74) is 1.28. The number of halogens is 3. The summed E-state index contributed by atoms with van der Waals surface area (Å²) in [6.45, 7) is 3.78. The normalized spacial score (nSPS) is 11.4. The number of alkyl halides is 3. The second-order valence-electron chi connectivity index (χ2n) is 4.36. The third-order valence-corrected chi connectivity index (χ3v) is 2.80. The Morgan fingerprint density at radius 1 is 1.10 bits per heavy atom. The van der Waals surface area contributed by atoms with Crippen LogP contribution in [0.3, 0.4) is 0 Å². The zero-order valence-corrected chi connectivity index (χ0v) is 11.0. The van der Waals surface area contributed by atoms with Crippen molar-refractivity contribution in [2.45, 2.75) is 26.6 Å². The van der Waals surface area contributed by atoms with Gasteiger partial charge in [-0.25, -0.2) is 4.98 Å². The van der Waals surface area contributed by atoms with Crippen LogP contribution in [-0.4, -0.2) is 15.2 Å². The molecule has 2 rings (SSSR count). The third-order valence-electron chi connectivity index (χ3n) is 2.80. The van der Waals surface area contributed by atoms with Crippen LogP contribution in [0, 0.1) is 13.8 Å². The largest absolute Gasteiger partial charge is 0.416 e. The molecule has 0 saturated carbocycles. The van der Waals surface area contributed by atoms with Gasteiger partial charge in [-0.1, -0.05) is 12.1 Å². The van der Waals surface area contributed by atoms with Gasteiger partial charge in [0, 0.05) is 6.54 Å². The molecule has 0 bridgehead atoms. The average Bonchev–Trinajstić information content (AvgIpc) is 2.39. The molecule has 0 aliphatic rings. The minimum atomic E-state index is -4.34. The zero-order valence-electron chi connectivity index (χ0n) is 11.0. The molecular formula is C13H13F3N4. The molecule has 20 heavy (non-hydrogen) atoms. The maximum absolute atomic E-state index is 12.6. The molecular weight excluding hydrogens is 269 g/mol. The van der Waals surface area contributed by atoms with Crippen molar-refractivity contribution in [1.29, 1.82) is 0 Å². The molecule has 0 unspecified atom stereocenters. The van der Waals surface area contributed by atoms with E-state index in [0.29, 0.717) is 11.5 Å². The number of rotatable bonds is 3. The molecule has 2 aromatic rings. The van der Waals surface area contributed by atoms with Crippen LogP contribution >= 0.6 is 0 Å². The number of nitrogens with zero attached hydrogens (tertiary/aromatic N) is 3. The van der Waals surface area contributed by atoms with Crippen molar-refractivity contribution in [2.75, 3.05) is 5.32 Å². The number of benzene rings is 1. The first-order valence-corrected chi connectivity index (χ1v) is 5.94. The molecule has 1 N–H and O–H groups in total. The SMILES string of the molecule is Cc1nnc(NCc2cccc(C(F)(F)F)c2)nc1C. The fourth-order valence-electron chi connectivity index (χ4n) is 1.57. The lowest BCUT2D eigenvalue weighted by Gasteiger charge is -2.09. The zero-order chi connectivity index (χ0) is 14.8. The van der Waals surface area contributed by atoms with E-state index >= 15 is 0 Å². The molecule has 106 valence electrons. The predicted octanol–water partition coefficient (Wildman–Crippen LogP) is 3.12. The van der Waals surface area contributed by atoms with Crippen molar-refractivity contribution in [3.63, 3.8) is 0 Å². The molecule has 0 aliphatic carbocycles. The quantitative estimate of drug-likeness (QED) is 0.939. The molecule has 0 aliphatic heterocycles. The van der Waals surface area contributed by atoms with E-state index in [9.17, 15) is 13.2 Å². The number of aromatic nitrogens is 3. The van der Waals surface area contributed by atoms with Gasteiger partial charge in [-0.3, -0.25) is 0 Å². The third kappa shape index (κ3) is 3.43. The Morgan fingerprint density at radius 2 is 1.85 bits per heavy atom. The molecule has 4 nitrogen and oxygen atoms in total. The van der Waals surface area contributed by atoms with E-state index in [0.717, 1.165) is 23.5 Å². The Balaban J connectivity index is 2.09. The molecule has 0 atom stereocenters. The van der Waals surface area contributed by atoms with E-state index in [1.165, 1.54) is 6.07 Å². The maximum Gasteiger partial charge on any atom is 0.416 e. The molecule has 0 amide bonds. The number of anilines is 1. The molecule has 0 fully saturated rings. The molecule has 1 aromatic heterocycles. The monoisotopic (exact) mass is 282 g/mol. The first-order chi connectivity index (χ1) is 9.36. The highest BCUT2D eigenvalue weighted by atomic mass is 19.4. The van der Waals surface area contributed by atoms with Gasteiger partial charge in [-0.2, -0.15) is 18.3 Å². The number of hydrogen-bond acceptors (Lipinski definition) is 4. The van der Waals surface area contributed by atoms with Crippen LogP contribution in [0.4, 0.5) is 19.1 Å².